The van der Waals surface area contributed by atoms with Gasteiger partial charge in [0.15, 0.2) is 0 Å². The summed E-state index contributed by atoms with van der Waals surface area (Å²) < 4.78 is 0.495. The second-order valence-corrected chi connectivity index (χ2v) is 7.43. The lowest BCUT2D eigenvalue weighted by molar-refractivity contribution is 0.0955. The van der Waals surface area contributed by atoms with E-state index in [1.165, 1.54) is 12.3 Å². The number of nitrogens with one attached hydrogen (secondary N) is 1. The van der Waals surface area contributed by atoms with Gasteiger partial charge in [-0.15, -0.1) is 0 Å². The first kappa shape index (κ1) is 19.9. The molecule has 142 valence electrons. The van der Waals surface area contributed by atoms with Crippen LogP contribution in [0.5, 0.6) is 17.2 Å². The number of phenolic OH excluding ortho intramolecular Hbond substituents is 3. The van der Waals surface area contributed by atoms with Crippen LogP contribution in [-0.4, -0.2) is 27.4 Å². The van der Waals surface area contributed by atoms with Crippen LogP contribution in [0.4, 0.5) is 0 Å². The van der Waals surface area contributed by atoms with E-state index < -0.39 is 5.91 Å². The molecule has 6 nitrogen and oxygen atoms in total. The Bertz CT molecular complexity index is 1050. The van der Waals surface area contributed by atoms with E-state index in [0.717, 1.165) is 11.1 Å². The van der Waals surface area contributed by atoms with Crippen LogP contribution in [0.25, 0.3) is 11.1 Å². The van der Waals surface area contributed by atoms with Gasteiger partial charge in [0.1, 0.15) is 21.7 Å². The van der Waals surface area contributed by atoms with Gasteiger partial charge in [-0.2, -0.15) is 5.10 Å². The zero-order valence-corrected chi connectivity index (χ0v) is 17.4. The second-order valence-electron chi connectivity index (χ2n) is 5.78. The number of carbonyl (C=O) groups is 1. The van der Waals surface area contributed by atoms with Crippen molar-refractivity contribution in [2.45, 2.75) is 0 Å². The van der Waals surface area contributed by atoms with Gasteiger partial charge in [0.05, 0.1) is 10.7 Å². The van der Waals surface area contributed by atoms with Crippen molar-refractivity contribution in [2.24, 2.45) is 5.10 Å². The van der Waals surface area contributed by atoms with Crippen LogP contribution in [-0.2, 0) is 0 Å². The number of hydrogen-bond donors (Lipinski definition) is 4. The number of amides is 1. The number of nitrogens with zero attached hydrogens (tertiary/aromatic N) is 1. The normalized spacial score (nSPS) is 10.9. The standard InChI is InChI=1S/C20H14Br2N2O4/c21-16-9-14(18(26)17(22)19(16)27)10-23-24-20(28)13-3-1-11(2-4-13)12-5-7-15(25)8-6-12/h1-10,25-27H,(H,24,28)/b23-10+. The molecular weight excluding hydrogens is 492 g/mol. The Labute approximate surface area is 177 Å². The van der Waals surface area contributed by atoms with Gasteiger partial charge in [-0.1, -0.05) is 24.3 Å². The van der Waals surface area contributed by atoms with Gasteiger partial charge >= 0.3 is 0 Å². The third-order valence-electron chi connectivity index (χ3n) is 3.92. The average Bonchev–Trinajstić information content (AvgIpc) is 2.71. The fourth-order valence-electron chi connectivity index (χ4n) is 2.41. The number of aromatic hydroxyl groups is 3. The molecule has 0 fully saturated rings. The van der Waals surface area contributed by atoms with Crippen molar-refractivity contribution in [1.82, 2.24) is 5.43 Å². The van der Waals surface area contributed by atoms with Crippen LogP contribution < -0.4 is 5.43 Å². The highest BCUT2D eigenvalue weighted by Crippen LogP contribution is 2.40. The zero-order chi connectivity index (χ0) is 20.3. The van der Waals surface area contributed by atoms with Gasteiger partial charge in [-0.25, -0.2) is 5.43 Å². The summed E-state index contributed by atoms with van der Waals surface area (Å²) in [6.07, 6.45) is 1.27. The Balaban J connectivity index is 1.70. The van der Waals surface area contributed by atoms with Crippen molar-refractivity contribution >= 4 is 44.0 Å². The third-order valence-corrected chi connectivity index (χ3v) is 5.27. The summed E-state index contributed by atoms with van der Waals surface area (Å²) in [6.45, 7) is 0. The molecule has 0 atom stereocenters. The Morgan fingerprint density at radius 3 is 2.07 bits per heavy atom. The lowest BCUT2D eigenvalue weighted by atomic mass is 10.0. The van der Waals surface area contributed by atoms with E-state index in [4.69, 9.17) is 0 Å². The molecule has 1 amide bonds. The molecule has 3 aromatic rings. The topological polar surface area (TPSA) is 102 Å². The highest BCUT2D eigenvalue weighted by atomic mass is 79.9. The van der Waals surface area contributed by atoms with E-state index >= 15 is 0 Å². The van der Waals surface area contributed by atoms with Crippen LogP contribution in [0.3, 0.4) is 0 Å². The van der Waals surface area contributed by atoms with Crippen molar-refractivity contribution in [3.8, 4) is 28.4 Å². The summed E-state index contributed by atoms with van der Waals surface area (Å²) >= 11 is 6.24. The van der Waals surface area contributed by atoms with Crippen molar-refractivity contribution in [3.05, 3.63) is 74.7 Å². The predicted octanol–water partition coefficient (Wildman–Crippen LogP) is 4.76. The van der Waals surface area contributed by atoms with Crippen molar-refractivity contribution in [2.75, 3.05) is 0 Å². The van der Waals surface area contributed by atoms with Gasteiger partial charge in [0.25, 0.3) is 5.91 Å². The smallest absolute Gasteiger partial charge is 0.271 e. The minimum Gasteiger partial charge on any atom is -0.508 e. The maximum atomic E-state index is 12.2. The molecule has 0 unspecified atom stereocenters. The second kappa shape index (κ2) is 8.45. The molecule has 0 bridgehead atoms. The molecule has 0 aromatic heterocycles. The monoisotopic (exact) mass is 504 g/mol. The molecule has 0 saturated heterocycles. The first-order valence-corrected chi connectivity index (χ1v) is 9.58. The molecule has 3 rings (SSSR count). The van der Waals surface area contributed by atoms with E-state index in [1.54, 1.807) is 48.5 Å². The van der Waals surface area contributed by atoms with Crippen molar-refractivity contribution < 1.29 is 20.1 Å². The number of hydrogen-bond acceptors (Lipinski definition) is 5. The molecule has 0 heterocycles. The molecule has 0 saturated carbocycles. The zero-order valence-electron chi connectivity index (χ0n) is 14.2. The summed E-state index contributed by atoms with van der Waals surface area (Å²) in [5, 5.41) is 32.9. The van der Waals surface area contributed by atoms with Crippen LogP contribution >= 0.6 is 31.9 Å². The SMILES string of the molecule is O=C(N/N=C/c1cc(Br)c(O)c(Br)c1O)c1ccc(-c2ccc(O)cc2)cc1. The maximum Gasteiger partial charge on any atom is 0.271 e. The number of hydrazone groups is 1. The largest absolute Gasteiger partial charge is 0.508 e. The van der Waals surface area contributed by atoms with E-state index in [2.05, 4.69) is 42.4 Å². The highest BCUT2D eigenvalue weighted by molar-refractivity contribution is 9.11. The average molecular weight is 506 g/mol. The summed E-state index contributed by atoms with van der Waals surface area (Å²) in [4.78, 5) is 12.2. The summed E-state index contributed by atoms with van der Waals surface area (Å²) in [5.74, 6) is -0.550. The summed E-state index contributed by atoms with van der Waals surface area (Å²) in [6, 6.07) is 15.2. The fourth-order valence-corrected chi connectivity index (χ4v) is 3.56. The van der Waals surface area contributed by atoms with E-state index in [-0.39, 0.29) is 21.7 Å². The Kier molecular flexibility index (Phi) is 6.01. The summed E-state index contributed by atoms with van der Waals surface area (Å²) in [5.41, 5.74) is 4.93. The van der Waals surface area contributed by atoms with Crippen molar-refractivity contribution in [3.63, 3.8) is 0 Å². The lowest BCUT2D eigenvalue weighted by Gasteiger charge is -2.06. The van der Waals surface area contributed by atoms with Gasteiger partial charge in [0, 0.05) is 11.1 Å². The van der Waals surface area contributed by atoms with Gasteiger partial charge in [-0.05, 0) is 73.3 Å². The molecule has 0 radical (unpaired) electrons. The minimum absolute atomic E-state index is 0.125. The molecule has 28 heavy (non-hydrogen) atoms. The lowest BCUT2D eigenvalue weighted by Crippen LogP contribution is -2.17. The Morgan fingerprint density at radius 2 is 1.46 bits per heavy atom. The first-order chi connectivity index (χ1) is 13.4. The number of phenols is 3. The molecular formula is C20H14Br2N2O4. The highest BCUT2D eigenvalue weighted by Gasteiger charge is 2.13. The number of benzene rings is 3. The quantitative estimate of drug-likeness (QED) is 0.303. The van der Waals surface area contributed by atoms with E-state index in [1.807, 2.05) is 0 Å². The van der Waals surface area contributed by atoms with Crippen LogP contribution in [0, 0.1) is 0 Å². The maximum absolute atomic E-state index is 12.2. The van der Waals surface area contributed by atoms with Gasteiger partial charge in [0.2, 0.25) is 0 Å². The molecule has 4 N–H and O–H groups in total. The molecule has 8 heteroatoms. The van der Waals surface area contributed by atoms with Crippen LogP contribution in [0.15, 0.2) is 68.6 Å². The number of halogens is 2. The van der Waals surface area contributed by atoms with Gasteiger partial charge in [-0.3, -0.25) is 4.79 Å². The molecule has 0 aliphatic rings. The molecule has 0 aliphatic carbocycles. The number of rotatable bonds is 4. The molecule has 3 aromatic carbocycles. The Hall–Kier alpha value is -2.84. The van der Waals surface area contributed by atoms with Crippen LogP contribution in [0.1, 0.15) is 15.9 Å². The van der Waals surface area contributed by atoms with E-state index in [0.29, 0.717) is 15.6 Å². The van der Waals surface area contributed by atoms with Crippen LogP contribution in [0.2, 0.25) is 0 Å². The summed E-state index contributed by atoms with van der Waals surface area (Å²) in [7, 11) is 0. The van der Waals surface area contributed by atoms with Gasteiger partial charge < -0.3 is 15.3 Å². The predicted molar refractivity (Wildman–Crippen MR) is 114 cm³/mol. The third kappa shape index (κ3) is 4.35. The fraction of sp³-hybridized carbons (Fsp3) is 0. The Morgan fingerprint density at radius 1 is 0.893 bits per heavy atom. The number of carbonyl (C=O) groups excluding carboxylic acids is 1. The minimum atomic E-state index is -0.412. The van der Waals surface area contributed by atoms with Crippen molar-refractivity contribution in [1.29, 1.82) is 0 Å². The van der Waals surface area contributed by atoms with E-state index in [9.17, 15) is 20.1 Å². The molecule has 0 spiro atoms. The molecule has 0 aliphatic heterocycles. The first-order valence-electron chi connectivity index (χ1n) is 7.99.